The summed E-state index contributed by atoms with van der Waals surface area (Å²) in [6, 6.07) is 0. The third-order valence-electron chi connectivity index (χ3n) is 4.53. The van der Waals surface area contributed by atoms with Crippen molar-refractivity contribution in [3.05, 3.63) is 0 Å². The van der Waals surface area contributed by atoms with Crippen molar-refractivity contribution in [3.63, 3.8) is 0 Å². The summed E-state index contributed by atoms with van der Waals surface area (Å²) in [5.41, 5.74) is 0. The highest BCUT2D eigenvalue weighted by Gasteiger charge is 2.66. The molecule has 0 unspecified atom stereocenters. The second-order valence-corrected chi connectivity index (χ2v) is 8.54. The third-order valence-corrected chi connectivity index (χ3v) is 7.40. The Kier molecular flexibility index (Phi) is 8.16. The number of amides is 2. The van der Waals surface area contributed by atoms with Crippen LogP contribution in [0.15, 0.2) is 0 Å². The predicted molar refractivity (Wildman–Crippen MR) is 95.7 cm³/mol. The summed E-state index contributed by atoms with van der Waals surface area (Å²) in [5, 5.41) is 9.13. The van der Waals surface area contributed by atoms with Crippen molar-refractivity contribution >= 4 is 31.8 Å². The monoisotopic (exact) mass is 423 g/mol. The van der Waals surface area contributed by atoms with Crippen LogP contribution in [0.1, 0.15) is 47.5 Å². The van der Waals surface area contributed by atoms with Gasteiger partial charge in [0.25, 0.3) is 11.8 Å². The van der Waals surface area contributed by atoms with E-state index >= 15 is 0 Å². The molecular weight excluding hydrogens is 395 g/mol. The number of carbonyl (C=O) groups is 3. The van der Waals surface area contributed by atoms with Gasteiger partial charge < -0.3 is 13.8 Å². The zero-order chi connectivity index (χ0) is 20.2. The predicted octanol–water partition coefficient (Wildman–Crippen LogP) is 2.31. The maximum Gasteiger partial charge on any atom is 0.533 e. The van der Waals surface area contributed by atoms with Crippen LogP contribution in [0.3, 0.4) is 0 Å². The standard InChI is InChI=1S/C15H24N2O9P.CH4/c1-4-24-27(22,25-5-2)15(3)11(8-9-16(15)21)10-23-14(20)26-17-12(18)6-7-13(17)19;/h9,11,21H,4-8,10H2,1-3H3;1H4/q+1;/t11-,15+;/m1./s1. The summed E-state index contributed by atoms with van der Waals surface area (Å²) in [6.45, 7) is 4.65. The zero-order valence-corrected chi connectivity index (χ0v) is 16.3. The quantitative estimate of drug-likeness (QED) is 0.205. The lowest BCUT2D eigenvalue weighted by Crippen LogP contribution is -2.43. The Morgan fingerprint density at radius 2 is 1.82 bits per heavy atom. The normalized spacial score (nSPS) is 24.8. The average Bonchev–Trinajstić information content (AvgIpc) is 3.08. The van der Waals surface area contributed by atoms with Crippen LogP contribution in [0.25, 0.3) is 0 Å². The molecule has 0 aromatic heterocycles. The van der Waals surface area contributed by atoms with E-state index in [2.05, 4.69) is 4.84 Å². The van der Waals surface area contributed by atoms with E-state index in [1.165, 1.54) is 13.1 Å². The fraction of sp³-hybridized carbons (Fsp3) is 0.750. The van der Waals surface area contributed by atoms with Crippen LogP contribution in [0.2, 0.25) is 0 Å². The Hall–Kier alpha value is -1.97. The first kappa shape index (κ1) is 24.1. The highest BCUT2D eigenvalue weighted by atomic mass is 31.2. The minimum atomic E-state index is -3.81. The Labute approximate surface area is 163 Å². The Morgan fingerprint density at radius 3 is 2.32 bits per heavy atom. The van der Waals surface area contributed by atoms with Gasteiger partial charge in [-0.15, -0.1) is 0 Å². The van der Waals surface area contributed by atoms with Gasteiger partial charge in [-0.3, -0.25) is 24.2 Å². The molecule has 0 aliphatic carbocycles. The molecule has 11 nitrogen and oxygen atoms in total. The van der Waals surface area contributed by atoms with E-state index in [4.69, 9.17) is 13.8 Å². The molecule has 1 saturated heterocycles. The van der Waals surface area contributed by atoms with Crippen molar-refractivity contribution < 1.29 is 47.5 Å². The molecule has 160 valence electrons. The molecule has 2 aliphatic heterocycles. The highest BCUT2D eigenvalue weighted by Crippen LogP contribution is 2.64. The van der Waals surface area contributed by atoms with E-state index in [0.717, 1.165) is 4.74 Å². The van der Waals surface area contributed by atoms with Gasteiger partial charge in [0, 0.05) is 26.2 Å². The number of rotatable bonds is 8. The maximum atomic E-state index is 13.2. The first-order valence-electron chi connectivity index (χ1n) is 8.60. The highest BCUT2D eigenvalue weighted by molar-refractivity contribution is 7.55. The molecule has 0 saturated carbocycles. The molecule has 2 amide bonds. The molecule has 1 N–H and O–H groups in total. The maximum absolute atomic E-state index is 13.2. The summed E-state index contributed by atoms with van der Waals surface area (Å²) >= 11 is 0. The fourth-order valence-corrected chi connectivity index (χ4v) is 5.20. The summed E-state index contributed by atoms with van der Waals surface area (Å²) in [4.78, 5) is 39.4. The Balaban J connectivity index is 0.00000392. The summed E-state index contributed by atoms with van der Waals surface area (Å²) in [5.74, 6) is -1.91. The lowest BCUT2D eigenvalue weighted by atomic mass is 10.0. The topological polar surface area (TPSA) is 132 Å². The summed E-state index contributed by atoms with van der Waals surface area (Å²) < 4.78 is 29.7. The minimum Gasteiger partial charge on any atom is -0.432 e. The van der Waals surface area contributed by atoms with Crippen molar-refractivity contribution in [3.8, 4) is 0 Å². The Morgan fingerprint density at radius 1 is 1.29 bits per heavy atom. The van der Waals surface area contributed by atoms with E-state index in [1.54, 1.807) is 13.8 Å². The molecule has 2 heterocycles. The smallest absolute Gasteiger partial charge is 0.432 e. The van der Waals surface area contributed by atoms with Gasteiger partial charge in [0.05, 0.1) is 19.1 Å². The second kappa shape index (κ2) is 9.49. The van der Waals surface area contributed by atoms with Crippen molar-refractivity contribution in [1.82, 2.24) is 5.06 Å². The van der Waals surface area contributed by atoms with Gasteiger partial charge in [0.1, 0.15) is 6.61 Å². The molecule has 0 aromatic carbocycles. The van der Waals surface area contributed by atoms with E-state index < -0.39 is 36.8 Å². The van der Waals surface area contributed by atoms with Crippen LogP contribution < -0.4 is 0 Å². The number of hydroxylamine groups is 3. The molecular formula is C16H28N2O9P+. The second-order valence-electron chi connectivity index (χ2n) is 6.12. The number of hydrogen-bond donors (Lipinski definition) is 1. The molecule has 12 heteroatoms. The molecule has 28 heavy (non-hydrogen) atoms. The van der Waals surface area contributed by atoms with Crippen LogP contribution >= 0.6 is 7.60 Å². The van der Waals surface area contributed by atoms with Gasteiger partial charge >= 0.3 is 19.0 Å². The van der Waals surface area contributed by atoms with Gasteiger partial charge in [-0.2, -0.15) is 0 Å². The van der Waals surface area contributed by atoms with Gasteiger partial charge in [-0.1, -0.05) is 12.5 Å². The number of hydrogen-bond acceptors (Lipinski definition) is 9. The summed E-state index contributed by atoms with van der Waals surface area (Å²) in [7, 11) is -3.81. The van der Waals surface area contributed by atoms with Crippen LogP contribution in [0, 0.1) is 5.92 Å². The largest absolute Gasteiger partial charge is 0.533 e. The molecule has 2 aliphatic rings. The molecule has 2 atom stereocenters. The van der Waals surface area contributed by atoms with Crippen molar-refractivity contribution in [1.29, 1.82) is 0 Å². The lowest BCUT2D eigenvalue weighted by molar-refractivity contribution is -0.805. The van der Waals surface area contributed by atoms with Crippen LogP contribution in [0.5, 0.6) is 0 Å². The number of nitrogens with zero attached hydrogens (tertiary/aromatic N) is 2. The van der Waals surface area contributed by atoms with Gasteiger partial charge in [0.2, 0.25) is 0 Å². The Bertz CT molecular complexity index is 670. The zero-order valence-electron chi connectivity index (χ0n) is 15.5. The van der Waals surface area contributed by atoms with Gasteiger partial charge in [-0.05, 0) is 18.6 Å². The number of ether oxygens (including phenoxy) is 1. The molecule has 1 fully saturated rings. The van der Waals surface area contributed by atoms with Gasteiger partial charge in [-0.25, -0.2) is 4.79 Å². The van der Waals surface area contributed by atoms with Crippen LogP contribution in [-0.2, 0) is 32.8 Å². The van der Waals surface area contributed by atoms with Crippen LogP contribution in [0.4, 0.5) is 4.79 Å². The minimum absolute atomic E-state index is 0. The molecule has 0 aromatic rings. The third kappa shape index (κ3) is 4.37. The van der Waals surface area contributed by atoms with Crippen molar-refractivity contribution in [2.24, 2.45) is 5.92 Å². The lowest BCUT2D eigenvalue weighted by Gasteiger charge is -2.31. The van der Waals surface area contributed by atoms with Crippen LogP contribution in [-0.4, -0.2) is 64.3 Å². The number of carbonyl (C=O) groups excluding carboxylic acids is 3. The molecule has 0 spiro atoms. The average molecular weight is 423 g/mol. The molecule has 0 bridgehead atoms. The molecule has 0 radical (unpaired) electrons. The van der Waals surface area contributed by atoms with E-state index in [-0.39, 0.29) is 46.5 Å². The van der Waals surface area contributed by atoms with Crippen molar-refractivity contribution in [2.45, 2.75) is 52.7 Å². The first-order valence-corrected chi connectivity index (χ1v) is 10.1. The van der Waals surface area contributed by atoms with E-state index in [1.807, 2.05) is 0 Å². The fourth-order valence-electron chi connectivity index (χ4n) is 2.96. The first-order chi connectivity index (χ1) is 12.7. The van der Waals surface area contributed by atoms with Crippen molar-refractivity contribution in [2.75, 3.05) is 19.8 Å². The SMILES string of the molecule is C.CCOP(=O)(OCC)[C@@]1(C)[C@@H](COC(=O)ON2C(=O)CCC2=O)CC=[N+]1O. The van der Waals surface area contributed by atoms with E-state index in [9.17, 15) is 24.2 Å². The van der Waals surface area contributed by atoms with Gasteiger partial charge in [0.15, 0.2) is 6.21 Å². The summed E-state index contributed by atoms with van der Waals surface area (Å²) in [6.07, 6.45) is 0.295. The molecule has 2 rings (SSSR count). The van der Waals surface area contributed by atoms with E-state index in [0.29, 0.717) is 5.06 Å². The number of imide groups is 1.